The Morgan fingerprint density at radius 1 is 0.957 bits per heavy atom. The first-order valence-corrected chi connectivity index (χ1v) is 7.90. The van der Waals surface area contributed by atoms with Gasteiger partial charge in [0.15, 0.2) is 17.3 Å². The van der Waals surface area contributed by atoms with Crippen molar-refractivity contribution in [3.05, 3.63) is 71.8 Å². The summed E-state index contributed by atoms with van der Waals surface area (Å²) in [6.07, 6.45) is -0.343. The van der Waals surface area contributed by atoms with Gasteiger partial charge in [0, 0.05) is 0 Å². The maximum atomic E-state index is 13.1. The summed E-state index contributed by atoms with van der Waals surface area (Å²) in [5.74, 6) is -0.600. The van der Waals surface area contributed by atoms with E-state index in [1.807, 2.05) is 74.5 Å². The third kappa shape index (κ3) is 2.56. The van der Waals surface area contributed by atoms with Gasteiger partial charge < -0.3 is 4.74 Å². The van der Waals surface area contributed by atoms with Gasteiger partial charge in [0.25, 0.3) is 0 Å². The molecule has 3 rings (SSSR count). The van der Waals surface area contributed by atoms with Crippen molar-refractivity contribution in [2.75, 3.05) is 0 Å². The Balaban J connectivity index is 2.12. The maximum Gasteiger partial charge on any atom is 0.325 e. The third-order valence-corrected chi connectivity index (χ3v) is 4.45. The molecule has 0 amide bonds. The topological polar surface area (TPSA) is 43.4 Å². The number of hydrogen-bond acceptors (Lipinski definition) is 3. The van der Waals surface area contributed by atoms with E-state index in [1.54, 1.807) is 0 Å². The van der Waals surface area contributed by atoms with Crippen LogP contribution in [-0.4, -0.2) is 17.9 Å². The number of carbonyl (C=O) groups is 2. The molecule has 0 aliphatic carbocycles. The molecule has 0 bridgehead atoms. The molecule has 2 atom stereocenters. The van der Waals surface area contributed by atoms with E-state index >= 15 is 0 Å². The highest BCUT2D eigenvalue weighted by Crippen LogP contribution is 2.39. The summed E-state index contributed by atoms with van der Waals surface area (Å²) in [6.45, 7) is 3.80. The zero-order valence-corrected chi connectivity index (χ0v) is 13.4. The molecule has 0 unspecified atom stereocenters. The van der Waals surface area contributed by atoms with Crippen molar-refractivity contribution in [2.45, 2.75) is 31.8 Å². The van der Waals surface area contributed by atoms with Crippen LogP contribution >= 0.6 is 0 Å². The van der Waals surface area contributed by atoms with E-state index in [0.717, 1.165) is 5.56 Å². The molecule has 1 saturated heterocycles. The number of benzene rings is 2. The summed E-state index contributed by atoms with van der Waals surface area (Å²) in [5, 5.41) is 0. The Bertz CT molecular complexity index is 706. The third-order valence-electron chi connectivity index (χ3n) is 4.45. The van der Waals surface area contributed by atoms with Crippen molar-refractivity contribution < 1.29 is 14.3 Å². The van der Waals surface area contributed by atoms with Crippen molar-refractivity contribution in [3.8, 4) is 0 Å². The van der Waals surface area contributed by atoms with E-state index in [4.69, 9.17) is 4.74 Å². The molecular formula is C20H20O3. The molecule has 1 aliphatic rings. The molecule has 0 spiro atoms. The fourth-order valence-corrected chi connectivity index (χ4v) is 3.20. The number of carbonyl (C=O) groups excluding carboxylic acids is 2. The molecule has 23 heavy (non-hydrogen) atoms. The van der Waals surface area contributed by atoms with Gasteiger partial charge >= 0.3 is 5.97 Å². The molecule has 2 aromatic carbocycles. The van der Waals surface area contributed by atoms with Gasteiger partial charge in [0.1, 0.15) is 0 Å². The lowest BCUT2D eigenvalue weighted by Crippen LogP contribution is -2.42. The van der Waals surface area contributed by atoms with Gasteiger partial charge in [-0.05, 0) is 23.5 Å². The van der Waals surface area contributed by atoms with Crippen LogP contribution in [0.1, 0.15) is 25.0 Å². The Kier molecular flexibility index (Phi) is 4.03. The van der Waals surface area contributed by atoms with Crippen LogP contribution in [0.25, 0.3) is 0 Å². The molecule has 2 aromatic rings. The van der Waals surface area contributed by atoms with Gasteiger partial charge in [-0.25, -0.2) is 0 Å². The van der Waals surface area contributed by atoms with Crippen LogP contribution in [0.15, 0.2) is 60.7 Å². The number of ketones is 1. The van der Waals surface area contributed by atoms with E-state index in [9.17, 15) is 9.59 Å². The largest absolute Gasteiger partial charge is 0.453 e. The molecule has 1 heterocycles. The van der Waals surface area contributed by atoms with Crippen molar-refractivity contribution >= 4 is 11.8 Å². The van der Waals surface area contributed by atoms with Crippen LogP contribution in [0, 0.1) is 5.92 Å². The highest BCUT2D eigenvalue weighted by molar-refractivity contribution is 6.16. The Labute approximate surface area is 136 Å². The molecule has 1 aliphatic heterocycles. The van der Waals surface area contributed by atoms with Crippen molar-refractivity contribution in [3.63, 3.8) is 0 Å². The zero-order valence-electron chi connectivity index (χ0n) is 13.4. The number of ether oxygens (including phenoxy) is 1. The summed E-state index contributed by atoms with van der Waals surface area (Å²) in [7, 11) is 0. The van der Waals surface area contributed by atoms with Crippen molar-refractivity contribution in [2.24, 2.45) is 5.92 Å². The molecule has 1 fully saturated rings. The van der Waals surface area contributed by atoms with Crippen LogP contribution in [0.2, 0.25) is 0 Å². The van der Waals surface area contributed by atoms with Crippen molar-refractivity contribution in [1.29, 1.82) is 0 Å². The van der Waals surface area contributed by atoms with Crippen LogP contribution in [0.5, 0.6) is 0 Å². The summed E-state index contributed by atoms with van der Waals surface area (Å²) < 4.78 is 5.49. The first-order valence-electron chi connectivity index (χ1n) is 7.90. The van der Waals surface area contributed by atoms with Crippen molar-refractivity contribution in [1.82, 2.24) is 0 Å². The Hall–Kier alpha value is -2.42. The molecule has 0 saturated carbocycles. The van der Waals surface area contributed by atoms with E-state index in [0.29, 0.717) is 12.0 Å². The lowest BCUT2D eigenvalue weighted by molar-refractivity contribution is -0.147. The van der Waals surface area contributed by atoms with Crippen LogP contribution in [0.4, 0.5) is 0 Å². The van der Waals surface area contributed by atoms with E-state index in [-0.39, 0.29) is 11.7 Å². The number of cyclic esters (lactones) is 1. The second-order valence-corrected chi connectivity index (χ2v) is 6.37. The van der Waals surface area contributed by atoms with E-state index < -0.39 is 17.5 Å². The normalized spacial score (nSPS) is 24.0. The predicted molar refractivity (Wildman–Crippen MR) is 88.0 cm³/mol. The summed E-state index contributed by atoms with van der Waals surface area (Å²) in [4.78, 5) is 25.9. The SMILES string of the molecule is CC(C)[C@@H]1OC(=O)[C@](Cc2ccccc2)(c2ccccc2)C1=O. The number of Topliss-reactive ketones (excluding diaryl/α,β-unsaturated/α-hetero) is 1. The van der Waals surface area contributed by atoms with Gasteiger partial charge in [-0.3, -0.25) is 9.59 Å². The summed E-state index contributed by atoms with van der Waals surface area (Å²) >= 11 is 0. The molecule has 3 nitrogen and oxygen atoms in total. The van der Waals surface area contributed by atoms with Gasteiger partial charge in [0.2, 0.25) is 0 Å². The highest BCUT2D eigenvalue weighted by Gasteiger charge is 2.58. The predicted octanol–water partition coefficient (Wildman–Crippen LogP) is 3.32. The Morgan fingerprint density at radius 2 is 1.52 bits per heavy atom. The zero-order chi connectivity index (χ0) is 16.4. The number of esters is 1. The van der Waals surface area contributed by atoms with E-state index in [1.165, 1.54) is 0 Å². The fourth-order valence-electron chi connectivity index (χ4n) is 3.20. The average molecular weight is 308 g/mol. The lowest BCUT2D eigenvalue weighted by Gasteiger charge is -2.24. The fraction of sp³-hybridized carbons (Fsp3) is 0.300. The minimum absolute atomic E-state index is 0.0344. The average Bonchev–Trinajstić information content (AvgIpc) is 2.82. The van der Waals surface area contributed by atoms with E-state index in [2.05, 4.69) is 0 Å². The van der Waals surface area contributed by atoms with Gasteiger partial charge in [0.05, 0.1) is 0 Å². The minimum atomic E-state index is -1.24. The number of hydrogen-bond donors (Lipinski definition) is 0. The first kappa shape index (κ1) is 15.5. The monoisotopic (exact) mass is 308 g/mol. The minimum Gasteiger partial charge on any atom is -0.453 e. The van der Waals surface area contributed by atoms with Gasteiger partial charge in [-0.1, -0.05) is 74.5 Å². The molecular weight excluding hydrogens is 288 g/mol. The summed E-state index contributed by atoms with van der Waals surface area (Å²) in [6, 6.07) is 18.9. The summed E-state index contributed by atoms with van der Waals surface area (Å²) in [5.41, 5.74) is 0.422. The molecule has 0 aromatic heterocycles. The number of rotatable bonds is 4. The molecule has 0 N–H and O–H groups in total. The molecule has 0 radical (unpaired) electrons. The maximum absolute atomic E-state index is 13.1. The van der Waals surface area contributed by atoms with Crippen LogP contribution < -0.4 is 0 Å². The van der Waals surface area contributed by atoms with Gasteiger partial charge in [-0.2, -0.15) is 0 Å². The van der Waals surface area contributed by atoms with Crippen LogP contribution in [0.3, 0.4) is 0 Å². The molecule has 118 valence electrons. The highest BCUT2D eigenvalue weighted by atomic mass is 16.6. The Morgan fingerprint density at radius 3 is 2.04 bits per heavy atom. The quantitative estimate of drug-likeness (QED) is 0.643. The first-order chi connectivity index (χ1) is 11.1. The lowest BCUT2D eigenvalue weighted by atomic mass is 9.71. The second-order valence-electron chi connectivity index (χ2n) is 6.37. The second kappa shape index (κ2) is 5.99. The smallest absolute Gasteiger partial charge is 0.325 e. The molecule has 3 heteroatoms. The van der Waals surface area contributed by atoms with Crippen LogP contribution in [-0.2, 0) is 26.2 Å². The standard InChI is InChI=1S/C20H20O3/c1-14(2)17-18(21)20(19(22)23-17,16-11-7-4-8-12-16)13-15-9-5-3-6-10-15/h3-12,14,17H,13H2,1-2H3/t17-,20+/m0/s1. The van der Waals surface area contributed by atoms with Gasteiger partial charge in [-0.15, -0.1) is 0 Å².